The Balaban J connectivity index is 2.33. The Morgan fingerprint density at radius 1 is 1.47 bits per heavy atom. The topological polar surface area (TPSA) is 46.9 Å². The van der Waals surface area contributed by atoms with E-state index < -0.39 is 18.4 Å². The smallest absolute Gasteiger partial charge is 0.307 e. The zero-order chi connectivity index (χ0) is 11.3. The van der Waals surface area contributed by atoms with Crippen LogP contribution in [0.2, 0.25) is 0 Å². The summed E-state index contributed by atoms with van der Waals surface area (Å²) in [7, 11) is 0. The molecule has 0 bridgehead atoms. The molecule has 0 aromatic carbocycles. The molecule has 0 spiro atoms. The van der Waals surface area contributed by atoms with Crippen molar-refractivity contribution in [3.63, 3.8) is 0 Å². The van der Waals surface area contributed by atoms with Gasteiger partial charge < -0.3 is 5.32 Å². The molecule has 0 aliphatic heterocycles. The molecule has 0 aliphatic carbocycles. The van der Waals surface area contributed by atoms with Crippen molar-refractivity contribution in [3.8, 4) is 0 Å². The Labute approximate surface area is 83.7 Å². The van der Waals surface area contributed by atoms with Gasteiger partial charge in [0.25, 0.3) is 0 Å². The molecule has 7 heteroatoms. The first-order valence-electron chi connectivity index (χ1n) is 4.28. The minimum atomic E-state index is -4.22. The molecule has 0 unspecified atom stereocenters. The fraction of sp³-hybridized carbons (Fsp3) is 0.500. The lowest BCUT2D eigenvalue weighted by atomic mass is 10.5. The van der Waals surface area contributed by atoms with Crippen molar-refractivity contribution in [3.05, 3.63) is 28.9 Å². The maximum absolute atomic E-state index is 11.7. The van der Waals surface area contributed by atoms with Gasteiger partial charge >= 0.3 is 11.9 Å². The normalized spacial score (nSPS) is 11.7. The molecule has 1 aromatic heterocycles. The van der Waals surface area contributed by atoms with Crippen LogP contribution in [0.25, 0.3) is 0 Å². The highest BCUT2D eigenvalue weighted by Gasteiger charge is 2.25. The summed E-state index contributed by atoms with van der Waals surface area (Å²) in [4.78, 5) is 14.5. The molecule has 1 rings (SSSR count). The van der Waals surface area contributed by atoms with Crippen molar-refractivity contribution in [1.82, 2.24) is 14.9 Å². The van der Waals surface area contributed by atoms with E-state index in [1.165, 1.54) is 17.0 Å². The second-order valence-corrected chi connectivity index (χ2v) is 2.89. The second-order valence-electron chi connectivity index (χ2n) is 2.89. The van der Waals surface area contributed by atoms with Crippen molar-refractivity contribution in [2.75, 3.05) is 13.1 Å². The lowest BCUT2D eigenvalue weighted by molar-refractivity contribution is -0.124. The fourth-order valence-electron chi connectivity index (χ4n) is 0.987. The Bertz CT molecular complexity index is 361. The highest BCUT2D eigenvalue weighted by molar-refractivity contribution is 4.80. The third-order valence-electron chi connectivity index (χ3n) is 1.64. The monoisotopic (exact) mass is 221 g/mol. The van der Waals surface area contributed by atoms with Gasteiger partial charge in [-0.2, -0.15) is 13.2 Å². The van der Waals surface area contributed by atoms with E-state index in [0.717, 1.165) is 0 Å². The molecule has 0 saturated carbocycles. The van der Waals surface area contributed by atoms with Gasteiger partial charge in [0.05, 0.1) is 6.54 Å². The van der Waals surface area contributed by atoms with Gasteiger partial charge in [0, 0.05) is 25.5 Å². The Hall–Kier alpha value is -1.37. The van der Waals surface area contributed by atoms with Gasteiger partial charge in [0.2, 0.25) is 0 Å². The van der Waals surface area contributed by atoms with Crippen LogP contribution in [-0.2, 0) is 6.54 Å². The maximum atomic E-state index is 11.7. The molecule has 1 aromatic rings. The predicted molar refractivity (Wildman–Crippen MR) is 47.4 cm³/mol. The second kappa shape index (κ2) is 4.92. The molecule has 0 fully saturated rings. The van der Waals surface area contributed by atoms with Crippen LogP contribution in [0.1, 0.15) is 0 Å². The van der Waals surface area contributed by atoms with E-state index >= 15 is 0 Å². The van der Waals surface area contributed by atoms with Gasteiger partial charge in [0.1, 0.15) is 0 Å². The van der Waals surface area contributed by atoms with Gasteiger partial charge in [0.15, 0.2) is 0 Å². The third kappa shape index (κ3) is 4.59. The van der Waals surface area contributed by atoms with E-state index in [9.17, 15) is 18.0 Å². The molecule has 0 amide bonds. The van der Waals surface area contributed by atoms with Gasteiger partial charge in [-0.05, 0) is 6.07 Å². The van der Waals surface area contributed by atoms with Gasteiger partial charge in [-0.25, -0.2) is 9.78 Å². The van der Waals surface area contributed by atoms with Crippen LogP contribution < -0.4 is 11.0 Å². The molecule has 0 aliphatic rings. The Kier molecular flexibility index (Phi) is 3.84. The summed E-state index contributed by atoms with van der Waals surface area (Å²) in [5.74, 6) is 0. The largest absolute Gasteiger partial charge is 0.401 e. The van der Waals surface area contributed by atoms with Crippen molar-refractivity contribution in [2.45, 2.75) is 12.7 Å². The molecule has 0 saturated heterocycles. The average Bonchev–Trinajstić information content (AvgIpc) is 2.13. The van der Waals surface area contributed by atoms with E-state index in [1.807, 2.05) is 0 Å². The number of rotatable bonds is 4. The maximum Gasteiger partial charge on any atom is 0.401 e. The molecular formula is C8H10F3N3O. The molecule has 0 radical (unpaired) electrons. The number of hydrogen-bond donors (Lipinski definition) is 1. The van der Waals surface area contributed by atoms with Crippen LogP contribution in [0.4, 0.5) is 13.2 Å². The van der Waals surface area contributed by atoms with E-state index in [1.54, 1.807) is 6.07 Å². The average molecular weight is 221 g/mol. The molecule has 1 heterocycles. The predicted octanol–water partition coefficient (Wildman–Crippen LogP) is 0.395. The summed E-state index contributed by atoms with van der Waals surface area (Å²) in [6.45, 7) is -0.810. The Morgan fingerprint density at radius 2 is 2.20 bits per heavy atom. The van der Waals surface area contributed by atoms with Crippen LogP contribution in [0.15, 0.2) is 23.3 Å². The van der Waals surface area contributed by atoms with Crippen LogP contribution >= 0.6 is 0 Å². The van der Waals surface area contributed by atoms with Gasteiger partial charge in [-0.15, -0.1) is 0 Å². The van der Waals surface area contributed by atoms with Gasteiger partial charge in [-0.1, -0.05) is 0 Å². The molecule has 4 nitrogen and oxygen atoms in total. The summed E-state index contributed by atoms with van der Waals surface area (Å²) < 4.78 is 36.4. The highest BCUT2D eigenvalue weighted by atomic mass is 19.4. The zero-order valence-electron chi connectivity index (χ0n) is 7.79. The minimum Gasteiger partial charge on any atom is -0.307 e. The van der Waals surface area contributed by atoms with Crippen LogP contribution in [0, 0.1) is 0 Å². The molecular weight excluding hydrogens is 211 g/mol. The number of nitrogens with zero attached hydrogens (tertiary/aromatic N) is 2. The number of nitrogens with one attached hydrogen (secondary N) is 1. The quantitative estimate of drug-likeness (QED) is 0.748. The minimum absolute atomic E-state index is 0.0745. The fourth-order valence-corrected chi connectivity index (χ4v) is 0.987. The first kappa shape index (κ1) is 11.7. The van der Waals surface area contributed by atoms with E-state index in [0.29, 0.717) is 0 Å². The first-order chi connectivity index (χ1) is 6.99. The lowest BCUT2D eigenvalue weighted by Crippen LogP contribution is -2.33. The molecule has 0 atom stereocenters. The van der Waals surface area contributed by atoms with E-state index in [4.69, 9.17) is 0 Å². The van der Waals surface area contributed by atoms with Crippen molar-refractivity contribution in [1.29, 1.82) is 0 Å². The summed E-state index contributed by atoms with van der Waals surface area (Å²) in [6, 6.07) is 1.55. The molecule has 15 heavy (non-hydrogen) atoms. The standard InChI is InChI=1S/C8H10F3N3O/c9-8(10,11)6-12-3-5-14-4-1-2-13-7(14)15/h1-2,4,12H,3,5-6H2. The number of alkyl halides is 3. The Morgan fingerprint density at radius 3 is 2.80 bits per heavy atom. The van der Waals surface area contributed by atoms with E-state index in [-0.39, 0.29) is 13.1 Å². The third-order valence-corrected chi connectivity index (χ3v) is 1.64. The summed E-state index contributed by atoms with van der Waals surface area (Å²) in [5, 5.41) is 2.19. The molecule has 1 N–H and O–H groups in total. The van der Waals surface area contributed by atoms with Crippen LogP contribution in [0.5, 0.6) is 0 Å². The zero-order valence-corrected chi connectivity index (χ0v) is 7.79. The number of aromatic nitrogens is 2. The first-order valence-corrected chi connectivity index (χ1v) is 4.28. The number of halogens is 3. The van der Waals surface area contributed by atoms with Gasteiger partial charge in [-0.3, -0.25) is 4.57 Å². The van der Waals surface area contributed by atoms with Crippen molar-refractivity contribution < 1.29 is 13.2 Å². The van der Waals surface area contributed by atoms with E-state index in [2.05, 4.69) is 10.3 Å². The highest BCUT2D eigenvalue weighted by Crippen LogP contribution is 2.11. The summed E-state index contributed by atoms with van der Waals surface area (Å²) >= 11 is 0. The van der Waals surface area contributed by atoms with Crippen molar-refractivity contribution >= 4 is 0 Å². The lowest BCUT2D eigenvalue weighted by Gasteiger charge is -2.08. The molecule has 84 valence electrons. The summed E-state index contributed by atoms with van der Waals surface area (Å²) in [5.41, 5.74) is -0.466. The van der Waals surface area contributed by atoms with Crippen molar-refractivity contribution in [2.24, 2.45) is 0 Å². The summed E-state index contributed by atoms with van der Waals surface area (Å²) in [6.07, 6.45) is -1.41. The van der Waals surface area contributed by atoms with Crippen LogP contribution in [0.3, 0.4) is 0 Å². The van der Waals surface area contributed by atoms with Crippen LogP contribution in [-0.4, -0.2) is 28.8 Å². The number of hydrogen-bond acceptors (Lipinski definition) is 3. The SMILES string of the molecule is O=c1ncccn1CCNCC(F)(F)F.